The van der Waals surface area contributed by atoms with Gasteiger partial charge in [-0.1, -0.05) is 57.7 Å². The minimum absolute atomic E-state index is 0. The van der Waals surface area contributed by atoms with Crippen LogP contribution in [-0.2, 0) is 31.3 Å². The van der Waals surface area contributed by atoms with Crippen molar-refractivity contribution in [1.29, 1.82) is 0 Å². The Morgan fingerprint density at radius 2 is 0.963 bits per heavy atom. The molecule has 3 N–H and O–H groups in total. The third kappa shape index (κ3) is 25.4. The van der Waals surface area contributed by atoms with Crippen molar-refractivity contribution in [3.8, 4) is 0 Å². The number of nitrogens with two attached hydrogens (primary N) is 1. The van der Waals surface area contributed by atoms with Crippen LogP contribution in [0.15, 0.2) is 61.7 Å². The maximum Gasteiger partial charge on any atom is 0.500 e. The Labute approximate surface area is 332 Å². The molecule has 2 aromatic carbocycles. The second-order valence-electron chi connectivity index (χ2n) is 10.6. The summed E-state index contributed by atoms with van der Waals surface area (Å²) in [7, 11) is -5.01. The van der Waals surface area contributed by atoms with Gasteiger partial charge in [0, 0.05) is 63.8 Å². The van der Waals surface area contributed by atoms with E-state index in [1.165, 1.54) is 0 Å². The lowest BCUT2D eigenvalue weighted by Gasteiger charge is -2.28. The van der Waals surface area contributed by atoms with Crippen LogP contribution in [-0.4, -0.2) is 88.8 Å². The maximum absolute atomic E-state index is 12.2. The van der Waals surface area contributed by atoms with Crippen LogP contribution >= 0.6 is 0 Å². The number of ether oxygens (including phenoxy) is 1. The van der Waals surface area contributed by atoms with Gasteiger partial charge in [0.2, 0.25) is 0 Å². The van der Waals surface area contributed by atoms with Gasteiger partial charge in [-0.25, -0.2) is 4.79 Å². The van der Waals surface area contributed by atoms with Gasteiger partial charge in [0.15, 0.2) is 0 Å². The van der Waals surface area contributed by atoms with Crippen molar-refractivity contribution in [2.45, 2.75) is 109 Å². The zero-order valence-corrected chi connectivity index (χ0v) is 37.0. The Balaban J connectivity index is -0.000000348. The van der Waals surface area contributed by atoms with Crippen LogP contribution in [0.25, 0.3) is 0 Å². The van der Waals surface area contributed by atoms with Crippen molar-refractivity contribution in [1.82, 2.24) is 5.32 Å². The van der Waals surface area contributed by atoms with Gasteiger partial charge in [0.25, 0.3) is 5.91 Å². The summed E-state index contributed by atoms with van der Waals surface area (Å²) in [4.78, 5) is 23.4. The summed E-state index contributed by atoms with van der Waals surface area (Å²) in [5.41, 5.74) is 8.78. The lowest BCUT2D eigenvalue weighted by Crippen LogP contribution is -2.46. The molecular formula is C41H78N2O9Si2. The van der Waals surface area contributed by atoms with E-state index in [9.17, 15) is 9.59 Å². The molecule has 0 saturated carbocycles. The monoisotopic (exact) mass is 799 g/mol. The Kier molecular flexibility index (Phi) is 41.4. The van der Waals surface area contributed by atoms with E-state index in [1.807, 2.05) is 112 Å². The van der Waals surface area contributed by atoms with Crippen LogP contribution in [0.2, 0.25) is 12.1 Å². The zero-order chi connectivity index (χ0) is 41.0. The number of carbonyl (C=O) groups excluding carboxylic acids is 2. The number of hydrogen-bond acceptors (Lipinski definition) is 10. The first kappa shape index (κ1) is 58.0. The Hall–Kier alpha value is -2.73. The van der Waals surface area contributed by atoms with E-state index >= 15 is 0 Å². The summed E-state index contributed by atoms with van der Waals surface area (Å²) in [6.45, 7) is 32.6. The highest BCUT2D eigenvalue weighted by Gasteiger charge is 2.40. The van der Waals surface area contributed by atoms with Gasteiger partial charge >= 0.3 is 23.6 Å². The molecule has 0 aliphatic rings. The SMILES string of the molecule is C.C=C.CC.CCOC(=O)c1ccccc1C.CCO[Si](CCCN)(OCC)OCC.CCO[Si](CCCNC(=O)c1ccccc1C)(OCC)OCC. The zero-order valence-electron chi connectivity index (χ0n) is 35.0. The first-order chi connectivity index (χ1) is 25.6. The number of nitrogens with one attached hydrogen (secondary N) is 1. The van der Waals surface area contributed by atoms with E-state index in [-0.39, 0.29) is 19.3 Å². The molecule has 0 saturated heterocycles. The summed E-state index contributed by atoms with van der Waals surface area (Å²) in [6.07, 6.45) is 1.66. The fourth-order valence-electron chi connectivity index (χ4n) is 4.76. The van der Waals surface area contributed by atoms with E-state index in [0.29, 0.717) is 70.9 Å². The summed E-state index contributed by atoms with van der Waals surface area (Å²) in [5, 5.41) is 2.96. The highest BCUT2D eigenvalue weighted by atomic mass is 28.4. The smallest absolute Gasteiger partial charge is 0.462 e. The molecule has 0 atom stereocenters. The molecule has 0 unspecified atom stereocenters. The fraction of sp³-hybridized carbons (Fsp3) is 0.610. The first-order valence-corrected chi connectivity index (χ1v) is 23.0. The third-order valence-electron chi connectivity index (χ3n) is 6.85. The number of carbonyl (C=O) groups is 2. The Morgan fingerprint density at radius 3 is 1.30 bits per heavy atom. The molecule has 0 bridgehead atoms. The summed E-state index contributed by atoms with van der Waals surface area (Å²) in [6, 6.07) is 16.5. The fourth-order valence-corrected chi connectivity index (χ4v) is 10.0. The van der Waals surface area contributed by atoms with E-state index in [4.69, 9.17) is 37.0 Å². The number of rotatable bonds is 22. The van der Waals surface area contributed by atoms with E-state index in [2.05, 4.69) is 18.5 Å². The molecule has 0 fully saturated rings. The lowest BCUT2D eigenvalue weighted by molar-refractivity contribution is 0.0524. The minimum atomic E-state index is -2.61. The maximum atomic E-state index is 12.2. The molecule has 0 spiro atoms. The molecule has 54 heavy (non-hydrogen) atoms. The molecule has 1 amide bonds. The third-order valence-corrected chi connectivity index (χ3v) is 13.2. The molecule has 13 heteroatoms. The summed E-state index contributed by atoms with van der Waals surface area (Å²) in [5.74, 6) is -0.282. The number of aryl methyl sites for hydroxylation is 2. The van der Waals surface area contributed by atoms with Gasteiger partial charge in [-0.05, 0) is 105 Å². The summed E-state index contributed by atoms with van der Waals surface area (Å²) < 4.78 is 39.2. The molecular weight excluding hydrogens is 721 g/mol. The van der Waals surface area contributed by atoms with Crippen LogP contribution in [0.1, 0.15) is 114 Å². The molecule has 11 nitrogen and oxygen atoms in total. The number of amides is 1. The average molecular weight is 799 g/mol. The normalized spacial score (nSPS) is 10.3. The number of esters is 1. The molecule has 0 heterocycles. The van der Waals surface area contributed by atoms with Crippen molar-refractivity contribution >= 4 is 29.5 Å². The Bertz CT molecular complexity index is 1140. The van der Waals surface area contributed by atoms with Gasteiger partial charge < -0.3 is 42.3 Å². The van der Waals surface area contributed by atoms with Gasteiger partial charge in [-0.15, -0.1) is 13.2 Å². The minimum Gasteiger partial charge on any atom is -0.462 e. The average Bonchev–Trinajstić information content (AvgIpc) is 3.16. The van der Waals surface area contributed by atoms with E-state index in [0.717, 1.165) is 35.6 Å². The standard InChI is InChI=1S/C17H29NO4Si.C10H12O2.C9H23NO3Si.C2H6.C2H4.CH4/c1-5-20-23(21-6-2,22-7-3)14-10-13-18-17(19)16-12-9-8-11-15(16)4;1-3-12-10(11)9-7-5-4-6-8(9)2;1-4-11-14(12-5-2,13-6-3)9-7-8-10;2*1-2;/h8-9,11-12H,5-7,10,13-14H2,1-4H3,(H,18,19);4-7H,3H2,1-2H3;4-10H2,1-3H3;1-2H3;1-2H2;1H4. The predicted octanol–water partition coefficient (Wildman–Crippen LogP) is 9.18. The van der Waals surface area contributed by atoms with Crippen molar-refractivity contribution in [3.63, 3.8) is 0 Å². The molecule has 314 valence electrons. The molecule has 0 aliphatic heterocycles. The largest absolute Gasteiger partial charge is 0.500 e. The van der Waals surface area contributed by atoms with E-state index in [1.54, 1.807) is 13.0 Å². The van der Waals surface area contributed by atoms with Crippen LogP contribution in [0.4, 0.5) is 0 Å². The molecule has 2 aromatic rings. The molecule has 0 aliphatic carbocycles. The van der Waals surface area contributed by atoms with E-state index < -0.39 is 17.6 Å². The van der Waals surface area contributed by atoms with Crippen molar-refractivity contribution in [3.05, 3.63) is 83.9 Å². The summed E-state index contributed by atoms with van der Waals surface area (Å²) >= 11 is 0. The second kappa shape index (κ2) is 38.5. The molecule has 0 aromatic heterocycles. The van der Waals surface area contributed by atoms with Crippen LogP contribution in [0, 0.1) is 13.8 Å². The first-order valence-electron chi connectivity index (χ1n) is 19.2. The van der Waals surface area contributed by atoms with Crippen LogP contribution in [0.3, 0.4) is 0 Å². The topological polar surface area (TPSA) is 137 Å². The van der Waals surface area contributed by atoms with Gasteiger partial charge in [0.05, 0.1) is 12.2 Å². The number of hydrogen-bond donors (Lipinski definition) is 2. The van der Waals surface area contributed by atoms with Gasteiger partial charge in [-0.2, -0.15) is 0 Å². The molecule has 0 radical (unpaired) electrons. The second-order valence-corrected chi connectivity index (χ2v) is 16.0. The van der Waals surface area contributed by atoms with Crippen LogP contribution < -0.4 is 11.1 Å². The predicted molar refractivity (Wildman–Crippen MR) is 229 cm³/mol. The van der Waals surface area contributed by atoms with Crippen LogP contribution in [0.5, 0.6) is 0 Å². The van der Waals surface area contributed by atoms with Crippen molar-refractivity contribution in [2.24, 2.45) is 5.73 Å². The van der Waals surface area contributed by atoms with Gasteiger partial charge in [-0.3, -0.25) is 4.79 Å². The molecule has 2 rings (SSSR count). The lowest BCUT2D eigenvalue weighted by atomic mass is 10.1. The van der Waals surface area contributed by atoms with Crippen molar-refractivity contribution in [2.75, 3.05) is 59.3 Å². The Morgan fingerprint density at radius 1 is 0.611 bits per heavy atom. The number of benzene rings is 2. The highest BCUT2D eigenvalue weighted by Crippen LogP contribution is 2.19. The quantitative estimate of drug-likeness (QED) is 0.0514. The highest BCUT2D eigenvalue weighted by molar-refractivity contribution is 6.61. The van der Waals surface area contributed by atoms with Gasteiger partial charge in [0.1, 0.15) is 0 Å². The van der Waals surface area contributed by atoms with Crippen molar-refractivity contribution < 1.29 is 40.9 Å².